The van der Waals surface area contributed by atoms with E-state index in [1.54, 1.807) is 7.11 Å². The van der Waals surface area contributed by atoms with Crippen molar-refractivity contribution >= 4 is 17.7 Å². The molecule has 3 aromatic rings. The van der Waals surface area contributed by atoms with Crippen molar-refractivity contribution in [3.8, 4) is 16.9 Å². The zero-order valence-corrected chi connectivity index (χ0v) is 25.2. The molecule has 0 spiro atoms. The third kappa shape index (κ3) is 10.4. The Labute approximate surface area is 255 Å². The Morgan fingerprint density at radius 1 is 0.907 bits per heavy atom. The average Bonchev–Trinajstić information content (AvgIpc) is 3.03. The first kappa shape index (κ1) is 32.0. The third-order valence-corrected chi connectivity index (χ3v) is 7.98. The number of rotatable bonds is 16. The first-order chi connectivity index (χ1) is 21.0. The Kier molecular flexibility index (Phi) is 12.9. The van der Waals surface area contributed by atoms with E-state index >= 15 is 0 Å². The summed E-state index contributed by atoms with van der Waals surface area (Å²) in [6.45, 7) is 3.44. The van der Waals surface area contributed by atoms with Crippen molar-refractivity contribution in [1.29, 1.82) is 0 Å². The van der Waals surface area contributed by atoms with E-state index < -0.39 is 6.09 Å². The Morgan fingerprint density at radius 3 is 2.37 bits per heavy atom. The largest absolute Gasteiger partial charge is 0.496 e. The molecule has 0 aromatic heterocycles. The van der Waals surface area contributed by atoms with Gasteiger partial charge in [0.15, 0.2) is 0 Å². The van der Waals surface area contributed by atoms with Gasteiger partial charge >= 0.3 is 6.09 Å². The topological polar surface area (TPSA) is 103 Å². The summed E-state index contributed by atoms with van der Waals surface area (Å²) in [5, 5.41) is 2.92. The maximum atomic E-state index is 12.7. The molecule has 0 saturated carbocycles. The Bertz CT molecular complexity index is 1280. The quantitative estimate of drug-likeness (QED) is 0.182. The van der Waals surface area contributed by atoms with Gasteiger partial charge in [-0.3, -0.25) is 10.1 Å². The van der Waals surface area contributed by atoms with Crippen LogP contribution in [0.1, 0.15) is 50.5 Å². The predicted molar refractivity (Wildman–Crippen MR) is 170 cm³/mol. The number of amides is 2. The number of methoxy groups -OCH3 is 1. The second-order valence-corrected chi connectivity index (χ2v) is 11.1. The monoisotopic (exact) mass is 587 g/mol. The fourth-order valence-corrected chi connectivity index (χ4v) is 5.55. The van der Waals surface area contributed by atoms with E-state index in [4.69, 9.17) is 19.9 Å². The molecular formula is C35H45N3O5. The van der Waals surface area contributed by atoms with Crippen molar-refractivity contribution in [2.24, 2.45) is 11.7 Å². The summed E-state index contributed by atoms with van der Waals surface area (Å²) < 4.78 is 16.9. The van der Waals surface area contributed by atoms with Crippen LogP contribution in [0.15, 0.2) is 78.9 Å². The number of hydrogen-bond donors (Lipinski definition) is 2. The van der Waals surface area contributed by atoms with Crippen LogP contribution < -0.4 is 15.8 Å². The number of carbonyl (C=O) groups is 2. The van der Waals surface area contributed by atoms with Crippen LogP contribution in [0.2, 0.25) is 0 Å². The van der Waals surface area contributed by atoms with E-state index in [1.165, 1.54) is 0 Å². The molecule has 1 atom stereocenters. The molecule has 3 N–H and O–H groups in total. The number of unbranched alkanes of at least 4 members (excludes halogenated alkanes) is 3. The second kappa shape index (κ2) is 17.3. The van der Waals surface area contributed by atoms with Crippen molar-refractivity contribution in [1.82, 2.24) is 4.90 Å². The summed E-state index contributed by atoms with van der Waals surface area (Å²) in [5.41, 5.74) is 9.52. The molecular weight excluding hydrogens is 542 g/mol. The van der Waals surface area contributed by atoms with E-state index in [2.05, 4.69) is 10.2 Å². The normalized spacial score (nSPS) is 14.6. The molecule has 8 nitrogen and oxygen atoms in total. The lowest BCUT2D eigenvalue weighted by atomic mass is 9.98. The van der Waals surface area contributed by atoms with E-state index in [-0.39, 0.29) is 17.9 Å². The molecule has 1 aliphatic rings. The first-order valence-corrected chi connectivity index (χ1v) is 15.4. The van der Waals surface area contributed by atoms with Gasteiger partial charge in [-0.2, -0.15) is 0 Å². The zero-order chi connectivity index (χ0) is 30.3. The number of hydrogen-bond acceptors (Lipinski definition) is 6. The molecule has 3 aromatic carbocycles. The standard InChI is InChI=1S/C35H45N3O5/c1-41-33-19-11-8-16-29(33)26-42-24-12-3-2-5-15-28(34(36)39)25-38-22-20-30(21-23-38)43-35(40)37-32-18-10-9-17-31(32)27-13-6-4-7-14-27/h4,6-11,13-14,16-19,28,30H,2-3,5,12,15,20-26H2,1H3,(H2,36,39)(H,37,40). The summed E-state index contributed by atoms with van der Waals surface area (Å²) in [7, 11) is 1.67. The number of primary amides is 1. The summed E-state index contributed by atoms with van der Waals surface area (Å²) in [4.78, 5) is 27.1. The molecule has 1 fully saturated rings. The number of benzene rings is 3. The molecule has 4 rings (SSSR count). The predicted octanol–water partition coefficient (Wildman–Crippen LogP) is 6.64. The lowest BCUT2D eigenvalue weighted by Crippen LogP contribution is -2.43. The van der Waals surface area contributed by atoms with E-state index in [9.17, 15) is 9.59 Å². The fourth-order valence-electron chi connectivity index (χ4n) is 5.55. The molecule has 43 heavy (non-hydrogen) atoms. The van der Waals surface area contributed by atoms with Gasteiger partial charge in [0, 0.05) is 37.4 Å². The first-order valence-electron chi connectivity index (χ1n) is 15.4. The number of ether oxygens (including phenoxy) is 3. The van der Waals surface area contributed by atoms with Gasteiger partial charge in [-0.15, -0.1) is 0 Å². The second-order valence-electron chi connectivity index (χ2n) is 11.1. The van der Waals surface area contributed by atoms with Crippen molar-refractivity contribution in [2.45, 2.75) is 57.7 Å². The fraction of sp³-hybridized carbons (Fsp3) is 0.429. The van der Waals surface area contributed by atoms with Gasteiger partial charge in [-0.05, 0) is 43.4 Å². The molecule has 0 bridgehead atoms. The molecule has 1 aliphatic heterocycles. The summed E-state index contributed by atoms with van der Waals surface area (Å²) in [6.07, 6.45) is 5.69. The van der Waals surface area contributed by atoms with E-state index in [1.807, 2.05) is 78.9 Å². The molecule has 1 heterocycles. The van der Waals surface area contributed by atoms with Crippen molar-refractivity contribution < 1.29 is 23.8 Å². The Balaban J connectivity index is 1.10. The van der Waals surface area contributed by atoms with Gasteiger partial charge < -0.3 is 24.8 Å². The smallest absolute Gasteiger partial charge is 0.411 e. The van der Waals surface area contributed by atoms with Gasteiger partial charge in [0.25, 0.3) is 0 Å². The highest BCUT2D eigenvalue weighted by atomic mass is 16.6. The zero-order valence-electron chi connectivity index (χ0n) is 25.2. The van der Waals surface area contributed by atoms with Crippen LogP contribution in [0.25, 0.3) is 11.1 Å². The lowest BCUT2D eigenvalue weighted by Gasteiger charge is -2.33. The van der Waals surface area contributed by atoms with Crippen LogP contribution in [0.3, 0.4) is 0 Å². The molecule has 1 unspecified atom stereocenters. The highest BCUT2D eigenvalue weighted by Gasteiger charge is 2.26. The van der Waals surface area contributed by atoms with Crippen LogP contribution in [-0.2, 0) is 20.9 Å². The number of nitrogens with two attached hydrogens (primary N) is 1. The molecule has 1 saturated heterocycles. The minimum absolute atomic E-state index is 0.155. The van der Waals surface area contributed by atoms with Gasteiger partial charge in [-0.1, -0.05) is 86.0 Å². The number of carbonyl (C=O) groups excluding carboxylic acids is 2. The number of nitrogens with zero attached hydrogens (tertiary/aromatic N) is 1. The van der Waals surface area contributed by atoms with Crippen LogP contribution >= 0.6 is 0 Å². The molecule has 230 valence electrons. The Morgan fingerprint density at radius 2 is 1.60 bits per heavy atom. The van der Waals surface area contributed by atoms with Crippen molar-refractivity contribution in [2.75, 3.05) is 38.7 Å². The Hall–Kier alpha value is -3.88. The molecule has 0 aliphatic carbocycles. The van der Waals surface area contributed by atoms with Gasteiger partial charge in [0.1, 0.15) is 11.9 Å². The van der Waals surface area contributed by atoms with Crippen molar-refractivity contribution in [3.63, 3.8) is 0 Å². The summed E-state index contributed by atoms with van der Waals surface area (Å²) >= 11 is 0. The highest BCUT2D eigenvalue weighted by molar-refractivity contribution is 5.91. The minimum Gasteiger partial charge on any atom is -0.496 e. The minimum atomic E-state index is -0.443. The third-order valence-electron chi connectivity index (χ3n) is 7.98. The number of para-hydroxylation sites is 2. The van der Waals surface area contributed by atoms with Crippen LogP contribution in [-0.4, -0.2) is 56.4 Å². The number of anilines is 1. The highest BCUT2D eigenvalue weighted by Crippen LogP contribution is 2.28. The van der Waals surface area contributed by atoms with E-state index in [0.717, 1.165) is 86.2 Å². The number of likely N-dealkylation sites (tertiary alicyclic amines) is 1. The van der Waals surface area contributed by atoms with Crippen LogP contribution in [0, 0.1) is 5.92 Å². The number of nitrogens with one attached hydrogen (secondary N) is 1. The van der Waals surface area contributed by atoms with Crippen LogP contribution in [0.4, 0.5) is 10.5 Å². The average molecular weight is 588 g/mol. The van der Waals surface area contributed by atoms with Gasteiger partial charge in [0.05, 0.1) is 25.3 Å². The molecule has 2 amide bonds. The summed E-state index contributed by atoms with van der Waals surface area (Å²) in [6, 6.07) is 25.6. The van der Waals surface area contributed by atoms with Gasteiger partial charge in [-0.25, -0.2) is 4.79 Å². The maximum absolute atomic E-state index is 12.7. The SMILES string of the molecule is COc1ccccc1COCCCCCCC(CN1CCC(OC(=O)Nc2ccccc2-c2ccccc2)CC1)C(N)=O. The summed E-state index contributed by atoms with van der Waals surface area (Å²) in [5.74, 6) is 0.440. The van der Waals surface area contributed by atoms with E-state index in [0.29, 0.717) is 19.8 Å². The maximum Gasteiger partial charge on any atom is 0.411 e. The lowest BCUT2D eigenvalue weighted by molar-refractivity contribution is -0.122. The molecule has 0 radical (unpaired) electrons. The van der Waals surface area contributed by atoms with Crippen molar-refractivity contribution in [3.05, 3.63) is 84.4 Å². The molecule has 8 heteroatoms. The number of piperidine rings is 1. The van der Waals surface area contributed by atoms with Gasteiger partial charge in [0.2, 0.25) is 5.91 Å². The van der Waals surface area contributed by atoms with Crippen LogP contribution in [0.5, 0.6) is 5.75 Å².